The van der Waals surface area contributed by atoms with Crippen molar-refractivity contribution in [3.8, 4) is 0 Å². The zero-order valence-corrected chi connectivity index (χ0v) is 10.0. The zero-order valence-electron chi connectivity index (χ0n) is 9.19. The fourth-order valence-corrected chi connectivity index (χ4v) is 2.24. The molecule has 1 heterocycles. The predicted octanol–water partition coefficient (Wildman–Crippen LogP) is 0.870. The highest BCUT2D eigenvalue weighted by molar-refractivity contribution is 7.88. The molecule has 0 aliphatic carbocycles. The van der Waals surface area contributed by atoms with Gasteiger partial charge in [-0.3, -0.25) is 4.98 Å². The van der Waals surface area contributed by atoms with E-state index in [4.69, 9.17) is 0 Å². The quantitative estimate of drug-likeness (QED) is 0.832. The molecule has 0 bridgehead atoms. The first kappa shape index (κ1) is 12.1. The van der Waals surface area contributed by atoms with E-state index in [1.807, 2.05) is 26.0 Å². The maximum atomic E-state index is 11.0. The van der Waals surface area contributed by atoms with Gasteiger partial charge in [-0.25, -0.2) is 13.1 Å². The third kappa shape index (κ3) is 4.40. The van der Waals surface area contributed by atoms with Gasteiger partial charge >= 0.3 is 0 Å². The van der Waals surface area contributed by atoms with E-state index in [1.165, 1.54) is 0 Å². The molecule has 0 radical (unpaired) electrons. The third-order valence-electron chi connectivity index (χ3n) is 2.03. The third-order valence-corrected chi connectivity index (χ3v) is 2.86. The van der Waals surface area contributed by atoms with Gasteiger partial charge in [-0.05, 0) is 25.5 Å². The molecule has 1 atom stereocenters. The monoisotopic (exact) mass is 228 g/mol. The molecule has 5 heteroatoms. The summed E-state index contributed by atoms with van der Waals surface area (Å²) in [4.78, 5) is 4.21. The Morgan fingerprint density at radius 2 is 2.20 bits per heavy atom. The average Bonchev–Trinajstić information content (AvgIpc) is 2.05. The minimum atomic E-state index is -3.13. The Kier molecular flexibility index (Phi) is 3.82. The van der Waals surface area contributed by atoms with Crippen molar-refractivity contribution < 1.29 is 8.42 Å². The van der Waals surface area contributed by atoms with Crippen LogP contribution in [0.5, 0.6) is 0 Å². The number of sulfonamides is 1. The molecular formula is C10H16N2O2S. The highest BCUT2D eigenvalue weighted by Gasteiger charge is 2.10. The molecule has 0 saturated carbocycles. The first-order chi connectivity index (χ1) is 6.88. The molecule has 0 aromatic carbocycles. The first-order valence-electron chi connectivity index (χ1n) is 4.76. The van der Waals surface area contributed by atoms with Crippen LogP contribution in [0.4, 0.5) is 0 Å². The lowest BCUT2D eigenvalue weighted by molar-refractivity contribution is 0.563. The van der Waals surface area contributed by atoms with E-state index in [1.54, 1.807) is 6.20 Å². The van der Waals surface area contributed by atoms with E-state index >= 15 is 0 Å². The van der Waals surface area contributed by atoms with Gasteiger partial charge in [0.2, 0.25) is 10.0 Å². The van der Waals surface area contributed by atoms with Crippen LogP contribution in [0.15, 0.2) is 18.3 Å². The van der Waals surface area contributed by atoms with E-state index in [0.29, 0.717) is 6.42 Å². The molecule has 1 rings (SSSR count). The molecule has 1 N–H and O–H groups in total. The van der Waals surface area contributed by atoms with Gasteiger partial charge in [0.1, 0.15) is 0 Å². The van der Waals surface area contributed by atoms with Gasteiger partial charge in [0.25, 0.3) is 0 Å². The number of aryl methyl sites for hydroxylation is 1. The van der Waals surface area contributed by atoms with Crippen molar-refractivity contribution in [1.29, 1.82) is 0 Å². The lowest BCUT2D eigenvalue weighted by Crippen LogP contribution is -2.33. The van der Waals surface area contributed by atoms with E-state index < -0.39 is 10.0 Å². The predicted molar refractivity (Wildman–Crippen MR) is 60.1 cm³/mol. The standard InChI is InChI=1S/C10H16N2O2S/c1-8-5-4-6-11-10(8)7-9(2)12-15(3,13)14/h4-6,9,12H,7H2,1-3H3. The molecule has 1 aromatic rings. The summed E-state index contributed by atoms with van der Waals surface area (Å²) in [5, 5.41) is 0. The maximum absolute atomic E-state index is 11.0. The van der Waals surface area contributed by atoms with Crippen molar-refractivity contribution >= 4 is 10.0 Å². The fourth-order valence-electron chi connectivity index (χ4n) is 1.43. The van der Waals surface area contributed by atoms with Crippen molar-refractivity contribution in [3.63, 3.8) is 0 Å². The summed E-state index contributed by atoms with van der Waals surface area (Å²) in [6.45, 7) is 3.80. The van der Waals surface area contributed by atoms with Gasteiger partial charge in [-0.1, -0.05) is 6.07 Å². The van der Waals surface area contributed by atoms with Gasteiger partial charge in [-0.15, -0.1) is 0 Å². The van der Waals surface area contributed by atoms with Crippen LogP contribution in [0, 0.1) is 6.92 Å². The minimum Gasteiger partial charge on any atom is -0.261 e. The van der Waals surface area contributed by atoms with Crippen LogP contribution in [0.2, 0.25) is 0 Å². The first-order valence-corrected chi connectivity index (χ1v) is 6.65. The number of hydrogen-bond donors (Lipinski definition) is 1. The Labute approximate surface area is 90.8 Å². The zero-order chi connectivity index (χ0) is 11.5. The average molecular weight is 228 g/mol. The lowest BCUT2D eigenvalue weighted by Gasteiger charge is -2.12. The van der Waals surface area contributed by atoms with Gasteiger partial charge in [0, 0.05) is 24.4 Å². The molecule has 1 aromatic heterocycles. The molecule has 0 fully saturated rings. The topological polar surface area (TPSA) is 59.1 Å². The van der Waals surface area contributed by atoms with Gasteiger partial charge in [0.15, 0.2) is 0 Å². The van der Waals surface area contributed by atoms with Crippen LogP contribution >= 0.6 is 0 Å². The summed E-state index contributed by atoms with van der Waals surface area (Å²) in [6, 6.07) is 3.71. The Morgan fingerprint density at radius 1 is 1.53 bits per heavy atom. The Balaban J connectivity index is 2.67. The highest BCUT2D eigenvalue weighted by atomic mass is 32.2. The Morgan fingerprint density at radius 3 is 2.73 bits per heavy atom. The second kappa shape index (κ2) is 4.72. The molecule has 15 heavy (non-hydrogen) atoms. The summed E-state index contributed by atoms with van der Waals surface area (Å²) >= 11 is 0. The molecule has 0 amide bonds. The van der Waals surface area contributed by atoms with Crippen LogP contribution in [0.25, 0.3) is 0 Å². The molecule has 84 valence electrons. The van der Waals surface area contributed by atoms with E-state index in [0.717, 1.165) is 17.5 Å². The van der Waals surface area contributed by atoms with Gasteiger partial charge < -0.3 is 0 Å². The SMILES string of the molecule is Cc1cccnc1CC(C)NS(C)(=O)=O. The summed E-state index contributed by atoms with van der Waals surface area (Å²) < 4.78 is 24.5. The Bertz CT molecular complexity index is 429. The normalized spacial score (nSPS) is 13.8. The number of hydrogen-bond acceptors (Lipinski definition) is 3. The second-order valence-corrected chi connectivity index (χ2v) is 5.54. The summed E-state index contributed by atoms with van der Waals surface area (Å²) in [6.07, 6.45) is 3.49. The van der Waals surface area contributed by atoms with Crippen molar-refractivity contribution in [2.45, 2.75) is 26.3 Å². The van der Waals surface area contributed by atoms with Crippen molar-refractivity contribution in [3.05, 3.63) is 29.6 Å². The van der Waals surface area contributed by atoms with Gasteiger partial charge in [-0.2, -0.15) is 0 Å². The molecule has 1 unspecified atom stereocenters. The number of aromatic nitrogens is 1. The van der Waals surface area contributed by atoms with Crippen molar-refractivity contribution in [2.24, 2.45) is 0 Å². The molecular weight excluding hydrogens is 212 g/mol. The van der Waals surface area contributed by atoms with Crippen molar-refractivity contribution in [2.75, 3.05) is 6.26 Å². The van der Waals surface area contributed by atoms with Crippen LogP contribution in [-0.4, -0.2) is 25.7 Å². The fraction of sp³-hybridized carbons (Fsp3) is 0.500. The number of nitrogens with zero attached hydrogens (tertiary/aromatic N) is 1. The lowest BCUT2D eigenvalue weighted by atomic mass is 10.1. The highest BCUT2D eigenvalue weighted by Crippen LogP contribution is 2.06. The molecule has 0 saturated heterocycles. The van der Waals surface area contributed by atoms with Gasteiger partial charge in [0.05, 0.1) is 6.26 Å². The van der Waals surface area contributed by atoms with Crippen LogP contribution in [-0.2, 0) is 16.4 Å². The minimum absolute atomic E-state index is 0.131. The second-order valence-electron chi connectivity index (χ2n) is 3.76. The number of rotatable bonds is 4. The summed E-state index contributed by atoms with van der Waals surface area (Å²) in [5.74, 6) is 0. The summed E-state index contributed by atoms with van der Waals surface area (Å²) in [7, 11) is -3.13. The van der Waals surface area contributed by atoms with E-state index in [9.17, 15) is 8.42 Å². The van der Waals surface area contributed by atoms with Crippen molar-refractivity contribution in [1.82, 2.24) is 9.71 Å². The maximum Gasteiger partial charge on any atom is 0.208 e. The molecule has 4 nitrogen and oxygen atoms in total. The Hall–Kier alpha value is -0.940. The van der Waals surface area contributed by atoms with Crippen LogP contribution in [0.3, 0.4) is 0 Å². The number of nitrogens with one attached hydrogen (secondary N) is 1. The summed E-state index contributed by atoms with van der Waals surface area (Å²) in [5.41, 5.74) is 2.01. The van der Waals surface area contributed by atoms with E-state index in [2.05, 4.69) is 9.71 Å². The molecule has 0 aliphatic heterocycles. The van der Waals surface area contributed by atoms with E-state index in [-0.39, 0.29) is 6.04 Å². The number of pyridine rings is 1. The smallest absolute Gasteiger partial charge is 0.208 e. The largest absolute Gasteiger partial charge is 0.261 e. The molecule has 0 spiro atoms. The van der Waals surface area contributed by atoms with Crippen LogP contribution in [0.1, 0.15) is 18.2 Å². The molecule has 0 aliphatic rings. The van der Waals surface area contributed by atoms with Crippen LogP contribution < -0.4 is 4.72 Å².